The summed E-state index contributed by atoms with van der Waals surface area (Å²) >= 11 is 0. The molecule has 0 radical (unpaired) electrons. The van der Waals surface area contributed by atoms with Crippen molar-refractivity contribution in [2.24, 2.45) is 0 Å². The van der Waals surface area contributed by atoms with E-state index in [1.54, 1.807) is 24.3 Å². The lowest BCUT2D eigenvalue weighted by Gasteiger charge is -2.53. The van der Waals surface area contributed by atoms with Crippen molar-refractivity contribution in [2.75, 3.05) is 6.61 Å². The Bertz CT molecular complexity index is 1330. The molecule has 6 heteroatoms. The van der Waals surface area contributed by atoms with Gasteiger partial charge in [0, 0.05) is 12.6 Å². The van der Waals surface area contributed by atoms with E-state index in [0.717, 1.165) is 11.1 Å². The molecule has 180 valence electrons. The third-order valence-corrected chi connectivity index (χ3v) is 9.80. The number of piperidine rings is 1. The zero-order valence-electron chi connectivity index (χ0n) is 19.4. The molecule has 0 aromatic heterocycles. The molecule has 0 saturated carbocycles. The van der Waals surface area contributed by atoms with E-state index in [0.29, 0.717) is 24.3 Å². The van der Waals surface area contributed by atoms with Crippen LogP contribution >= 0.6 is 0 Å². The first kappa shape index (κ1) is 23.8. The van der Waals surface area contributed by atoms with Crippen molar-refractivity contribution >= 4 is 9.84 Å². The van der Waals surface area contributed by atoms with E-state index in [1.807, 2.05) is 66.7 Å². The summed E-state index contributed by atoms with van der Waals surface area (Å²) in [5, 5.41) is 20.9. The molecule has 2 heterocycles. The molecule has 3 aromatic rings. The molecule has 0 aliphatic carbocycles. The van der Waals surface area contributed by atoms with Crippen LogP contribution in [-0.2, 0) is 21.9 Å². The standard InChI is InChI=1S/C29H29NO4S/c31-20-10-18-28(32)19-17-26-27(35(33,34)25-15-8-3-9-16-25)21-29(28,24-13-6-2-7-14-24)30(26)22-23-11-4-1-5-12-23/h1-9,11-16,26-27,31-32H,17,19-22H2/t26-,27+,28-,29+/m0/s1. The number of hydrogen-bond donors (Lipinski definition) is 2. The maximum atomic E-state index is 14.0. The van der Waals surface area contributed by atoms with Crippen molar-refractivity contribution in [1.29, 1.82) is 0 Å². The number of nitrogens with zero attached hydrogens (tertiary/aromatic N) is 1. The number of aliphatic hydroxyl groups is 2. The first-order valence-corrected chi connectivity index (χ1v) is 13.5. The maximum Gasteiger partial charge on any atom is 0.182 e. The lowest BCUT2D eigenvalue weighted by Crippen LogP contribution is -2.63. The Morgan fingerprint density at radius 1 is 0.914 bits per heavy atom. The molecule has 2 aliphatic rings. The molecule has 0 unspecified atom stereocenters. The number of aliphatic hydroxyl groups excluding tert-OH is 1. The molecular formula is C29H29NO4S. The van der Waals surface area contributed by atoms with Crippen LogP contribution in [0.3, 0.4) is 0 Å². The molecule has 0 amide bonds. The van der Waals surface area contributed by atoms with Gasteiger partial charge in [-0.2, -0.15) is 0 Å². The summed E-state index contributed by atoms with van der Waals surface area (Å²) in [7, 11) is -3.69. The summed E-state index contributed by atoms with van der Waals surface area (Å²) in [4.78, 5) is 2.46. The molecule has 0 spiro atoms. The molecule has 3 aromatic carbocycles. The first-order chi connectivity index (χ1) is 16.9. The van der Waals surface area contributed by atoms with Crippen LogP contribution in [0.2, 0.25) is 0 Å². The second kappa shape index (κ2) is 9.25. The van der Waals surface area contributed by atoms with Gasteiger partial charge in [0.05, 0.1) is 15.7 Å². The Morgan fingerprint density at radius 3 is 2.14 bits per heavy atom. The summed E-state index contributed by atoms with van der Waals surface area (Å²) in [6.45, 7) is 0.103. The highest BCUT2D eigenvalue weighted by atomic mass is 32.2. The highest BCUT2D eigenvalue weighted by Gasteiger charge is 2.67. The SMILES string of the molecule is O=S(=O)(c1ccccc1)[C@@H]1C[C@]2(c3ccccc3)N(Cc3ccccc3)[C@H]1CC[C@@]2(O)C#CCO. The predicted octanol–water partition coefficient (Wildman–Crippen LogP) is 3.52. The minimum absolute atomic E-state index is 0.211. The fourth-order valence-electron chi connectivity index (χ4n) is 6.06. The van der Waals surface area contributed by atoms with E-state index < -0.39 is 26.2 Å². The van der Waals surface area contributed by atoms with Crippen molar-refractivity contribution < 1.29 is 18.6 Å². The van der Waals surface area contributed by atoms with E-state index in [9.17, 15) is 18.6 Å². The zero-order valence-corrected chi connectivity index (χ0v) is 20.2. The fraction of sp³-hybridized carbons (Fsp3) is 0.310. The van der Waals surface area contributed by atoms with Crippen LogP contribution in [0.5, 0.6) is 0 Å². The molecule has 5 rings (SSSR count). The van der Waals surface area contributed by atoms with Gasteiger partial charge in [-0.1, -0.05) is 90.7 Å². The van der Waals surface area contributed by atoms with Gasteiger partial charge in [0.15, 0.2) is 9.84 Å². The van der Waals surface area contributed by atoms with Gasteiger partial charge in [0.25, 0.3) is 0 Å². The molecule has 5 nitrogen and oxygen atoms in total. The second-order valence-electron chi connectivity index (χ2n) is 9.37. The van der Waals surface area contributed by atoms with Crippen LogP contribution in [0.1, 0.15) is 30.4 Å². The van der Waals surface area contributed by atoms with Crippen LogP contribution in [0, 0.1) is 11.8 Å². The van der Waals surface area contributed by atoms with Crippen molar-refractivity contribution in [3.63, 3.8) is 0 Å². The van der Waals surface area contributed by atoms with Crippen LogP contribution < -0.4 is 0 Å². The Hall–Kier alpha value is -2.95. The molecule has 2 bridgehead atoms. The Morgan fingerprint density at radius 2 is 1.51 bits per heavy atom. The number of hydrogen-bond acceptors (Lipinski definition) is 5. The third kappa shape index (κ3) is 3.89. The summed E-state index contributed by atoms with van der Waals surface area (Å²) < 4.78 is 28.0. The van der Waals surface area contributed by atoms with E-state index >= 15 is 0 Å². The van der Waals surface area contributed by atoms with Crippen LogP contribution in [0.15, 0.2) is 95.9 Å². The Labute approximate surface area is 207 Å². The van der Waals surface area contributed by atoms with Gasteiger partial charge in [0.2, 0.25) is 0 Å². The highest BCUT2D eigenvalue weighted by molar-refractivity contribution is 7.92. The summed E-state index contributed by atoms with van der Waals surface area (Å²) in [5.41, 5.74) is -0.707. The van der Waals surface area contributed by atoms with Gasteiger partial charge in [0.1, 0.15) is 12.2 Å². The van der Waals surface area contributed by atoms with Crippen molar-refractivity contribution in [1.82, 2.24) is 4.90 Å². The molecule has 2 aliphatic heterocycles. The molecule has 2 saturated heterocycles. The number of fused-ring (bicyclic) bond motifs is 2. The van der Waals surface area contributed by atoms with Crippen molar-refractivity contribution in [3.8, 4) is 11.8 Å². The van der Waals surface area contributed by atoms with E-state index in [4.69, 9.17) is 0 Å². The van der Waals surface area contributed by atoms with Gasteiger partial charge in [-0.25, -0.2) is 8.42 Å². The predicted molar refractivity (Wildman–Crippen MR) is 135 cm³/mol. The summed E-state index contributed by atoms with van der Waals surface area (Å²) in [5.74, 6) is 5.65. The van der Waals surface area contributed by atoms with Gasteiger partial charge in [-0.05, 0) is 42.5 Å². The lowest BCUT2D eigenvalue weighted by molar-refractivity contribution is -0.111. The lowest BCUT2D eigenvalue weighted by atomic mass is 9.69. The van der Waals surface area contributed by atoms with Crippen LogP contribution in [0.25, 0.3) is 0 Å². The topological polar surface area (TPSA) is 77.8 Å². The van der Waals surface area contributed by atoms with Crippen LogP contribution in [0.4, 0.5) is 0 Å². The molecule has 2 fully saturated rings. The van der Waals surface area contributed by atoms with Gasteiger partial charge in [-0.3, -0.25) is 4.90 Å². The van der Waals surface area contributed by atoms with E-state index in [1.165, 1.54) is 0 Å². The number of rotatable bonds is 5. The molecule has 2 N–H and O–H groups in total. The third-order valence-electron chi connectivity index (χ3n) is 7.59. The Kier molecular flexibility index (Phi) is 6.29. The summed E-state index contributed by atoms with van der Waals surface area (Å²) in [6, 6.07) is 27.8. The highest BCUT2D eigenvalue weighted by Crippen LogP contribution is 2.58. The van der Waals surface area contributed by atoms with Gasteiger partial charge < -0.3 is 10.2 Å². The second-order valence-corrected chi connectivity index (χ2v) is 11.5. The first-order valence-electron chi connectivity index (χ1n) is 11.9. The minimum atomic E-state index is -3.69. The largest absolute Gasteiger partial charge is 0.384 e. The maximum absolute atomic E-state index is 14.0. The normalized spacial score (nSPS) is 28.3. The quantitative estimate of drug-likeness (QED) is 0.539. The van der Waals surface area contributed by atoms with Crippen molar-refractivity contribution in [3.05, 3.63) is 102 Å². The zero-order chi connectivity index (χ0) is 24.5. The van der Waals surface area contributed by atoms with Gasteiger partial charge >= 0.3 is 0 Å². The number of sulfone groups is 1. The number of benzene rings is 3. The minimum Gasteiger partial charge on any atom is -0.384 e. The average molecular weight is 488 g/mol. The smallest absolute Gasteiger partial charge is 0.182 e. The summed E-state index contributed by atoms with van der Waals surface area (Å²) in [6.07, 6.45) is 1.02. The molecule has 35 heavy (non-hydrogen) atoms. The molecule has 4 atom stereocenters. The average Bonchev–Trinajstić information content (AvgIpc) is 3.16. The monoisotopic (exact) mass is 487 g/mol. The van der Waals surface area contributed by atoms with Crippen molar-refractivity contribution in [2.45, 2.75) is 53.1 Å². The van der Waals surface area contributed by atoms with E-state index in [2.05, 4.69) is 16.7 Å². The fourth-order valence-corrected chi connectivity index (χ4v) is 8.11. The van der Waals surface area contributed by atoms with Gasteiger partial charge in [-0.15, -0.1) is 0 Å². The van der Waals surface area contributed by atoms with Crippen LogP contribution in [-0.4, -0.2) is 47.0 Å². The van der Waals surface area contributed by atoms with E-state index in [-0.39, 0.29) is 19.1 Å². The molecular weight excluding hydrogens is 458 g/mol. The Balaban J connectivity index is 1.73.